The molecule has 0 unspecified atom stereocenters. The summed E-state index contributed by atoms with van der Waals surface area (Å²) in [7, 11) is 0. The average Bonchev–Trinajstić information content (AvgIpc) is 3.02. The first kappa shape index (κ1) is 17.9. The Labute approximate surface area is 166 Å². The summed E-state index contributed by atoms with van der Waals surface area (Å²) >= 11 is 3.38. The van der Waals surface area contributed by atoms with Gasteiger partial charge in [0.05, 0.1) is 5.39 Å². The third kappa shape index (κ3) is 3.05. The highest BCUT2D eigenvalue weighted by atomic mass is 79.9. The molecule has 0 aliphatic rings. The van der Waals surface area contributed by atoms with Gasteiger partial charge in [-0.15, -0.1) is 0 Å². The van der Waals surface area contributed by atoms with E-state index in [1.54, 1.807) is 37.3 Å². The summed E-state index contributed by atoms with van der Waals surface area (Å²) in [4.78, 5) is 36.7. The molecule has 2 aromatic heterocycles. The van der Waals surface area contributed by atoms with Gasteiger partial charge in [0.2, 0.25) is 0 Å². The lowest BCUT2D eigenvalue weighted by Gasteiger charge is -2.07. The minimum absolute atomic E-state index is 0.0132. The highest BCUT2D eigenvalue weighted by molar-refractivity contribution is 9.10. The highest BCUT2D eigenvalue weighted by Gasteiger charge is 2.20. The molecule has 0 spiro atoms. The molecule has 8 nitrogen and oxygen atoms in total. The van der Waals surface area contributed by atoms with Crippen LogP contribution in [-0.4, -0.2) is 22.0 Å². The van der Waals surface area contributed by atoms with Gasteiger partial charge >= 0.3 is 5.91 Å². The number of H-pyrrole nitrogens is 1. The molecule has 0 atom stereocenters. The molecule has 0 radical (unpaired) electrons. The van der Waals surface area contributed by atoms with E-state index in [0.29, 0.717) is 21.9 Å². The van der Waals surface area contributed by atoms with E-state index in [4.69, 9.17) is 4.42 Å². The van der Waals surface area contributed by atoms with E-state index in [0.717, 1.165) is 9.86 Å². The van der Waals surface area contributed by atoms with Gasteiger partial charge in [0.15, 0.2) is 11.5 Å². The maximum atomic E-state index is 12.5. The Morgan fingerprint density at radius 3 is 2.54 bits per heavy atom. The van der Waals surface area contributed by atoms with Gasteiger partial charge in [-0.2, -0.15) is 5.10 Å². The zero-order chi connectivity index (χ0) is 19.8. The van der Waals surface area contributed by atoms with Gasteiger partial charge < -0.3 is 4.42 Å². The van der Waals surface area contributed by atoms with Crippen molar-refractivity contribution in [3.63, 3.8) is 0 Å². The number of nitrogens with zero attached hydrogens (tertiary/aromatic N) is 1. The number of carbonyl (C=O) groups excluding carboxylic acids is 2. The van der Waals surface area contributed by atoms with Gasteiger partial charge in [-0.05, 0) is 31.2 Å². The largest absolute Gasteiger partial charge is 0.451 e. The van der Waals surface area contributed by atoms with Crippen molar-refractivity contribution in [2.75, 3.05) is 0 Å². The molecule has 0 aliphatic carbocycles. The fourth-order valence-electron chi connectivity index (χ4n) is 2.93. The molecule has 0 fully saturated rings. The second kappa shape index (κ2) is 6.93. The first-order valence-corrected chi connectivity index (χ1v) is 9.02. The smallest absolute Gasteiger partial charge is 0.305 e. The molecule has 4 aromatic rings. The number of nitrogens with one attached hydrogen (secondary N) is 3. The predicted octanol–water partition coefficient (Wildman–Crippen LogP) is 2.82. The molecular formula is C19H13BrN4O4. The fourth-order valence-corrected chi connectivity index (χ4v) is 3.29. The van der Waals surface area contributed by atoms with Gasteiger partial charge in [-0.1, -0.05) is 34.1 Å². The molecule has 28 heavy (non-hydrogen) atoms. The minimum atomic E-state index is -0.669. The number of carbonyl (C=O) groups is 2. The second-order valence-electron chi connectivity index (χ2n) is 6.05. The summed E-state index contributed by atoms with van der Waals surface area (Å²) in [5.74, 6) is -1.18. The van der Waals surface area contributed by atoms with Crippen LogP contribution in [0, 0.1) is 6.92 Å². The van der Waals surface area contributed by atoms with Gasteiger partial charge in [0.1, 0.15) is 5.58 Å². The van der Waals surface area contributed by atoms with E-state index < -0.39 is 17.4 Å². The van der Waals surface area contributed by atoms with E-state index >= 15 is 0 Å². The molecule has 0 aliphatic heterocycles. The van der Waals surface area contributed by atoms with Crippen molar-refractivity contribution in [1.29, 1.82) is 0 Å². The van der Waals surface area contributed by atoms with E-state index in [2.05, 4.69) is 37.0 Å². The molecule has 9 heteroatoms. The second-order valence-corrected chi connectivity index (χ2v) is 6.97. The SMILES string of the molecule is Cc1c(C(=O)NNC(=O)c2n[nH]c(=O)c3ccccc23)oc2ccc(Br)cc12. The van der Waals surface area contributed by atoms with E-state index in [-0.39, 0.29) is 11.5 Å². The van der Waals surface area contributed by atoms with Gasteiger partial charge in [0.25, 0.3) is 11.5 Å². The zero-order valence-electron chi connectivity index (χ0n) is 14.5. The number of hydrogen-bond donors (Lipinski definition) is 3. The molecule has 3 N–H and O–H groups in total. The third-order valence-corrected chi connectivity index (χ3v) is 4.80. The molecule has 2 aromatic carbocycles. The quantitative estimate of drug-likeness (QED) is 0.414. The van der Waals surface area contributed by atoms with Gasteiger partial charge in [-0.3, -0.25) is 25.2 Å². The number of aromatic nitrogens is 2. The summed E-state index contributed by atoms with van der Waals surface area (Å²) in [6.07, 6.45) is 0. The number of aryl methyl sites for hydroxylation is 1. The maximum absolute atomic E-state index is 12.5. The van der Waals surface area contributed by atoms with Gasteiger partial charge in [-0.25, -0.2) is 5.10 Å². The lowest BCUT2D eigenvalue weighted by molar-refractivity contribution is 0.0829. The number of furan rings is 1. The first-order chi connectivity index (χ1) is 13.5. The zero-order valence-corrected chi connectivity index (χ0v) is 16.1. The average molecular weight is 441 g/mol. The lowest BCUT2D eigenvalue weighted by Crippen LogP contribution is -2.42. The van der Waals surface area contributed by atoms with Crippen LogP contribution >= 0.6 is 15.9 Å². The van der Waals surface area contributed by atoms with Crippen LogP contribution in [0.15, 0.2) is 56.1 Å². The van der Waals surface area contributed by atoms with Crippen LogP contribution in [0.5, 0.6) is 0 Å². The van der Waals surface area contributed by atoms with Crippen LogP contribution in [0.1, 0.15) is 26.6 Å². The van der Waals surface area contributed by atoms with Crippen LogP contribution in [0.2, 0.25) is 0 Å². The van der Waals surface area contributed by atoms with Crippen molar-refractivity contribution in [3.05, 3.63) is 74.3 Å². The van der Waals surface area contributed by atoms with E-state index in [1.807, 2.05) is 12.1 Å². The van der Waals surface area contributed by atoms with Gasteiger partial charge in [0, 0.05) is 20.8 Å². The Kier molecular flexibility index (Phi) is 4.44. The number of rotatable bonds is 2. The Balaban J connectivity index is 1.58. The van der Waals surface area contributed by atoms with E-state index in [1.165, 1.54) is 0 Å². The molecular weight excluding hydrogens is 428 g/mol. The normalized spacial score (nSPS) is 10.9. The molecule has 2 heterocycles. The molecule has 0 bridgehead atoms. The van der Waals surface area contributed by atoms with Crippen molar-refractivity contribution in [3.8, 4) is 0 Å². The standard InChI is InChI=1S/C19H13BrN4O4/c1-9-13-8-10(20)6-7-14(13)28-16(9)19(27)24-23-18(26)15-11-4-2-3-5-12(11)17(25)22-21-15/h2-8H,1H3,(H,22,25)(H,23,26)(H,24,27). The highest BCUT2D eigenvalue weighted by Crippen LogP contribution is 2.27. The maximum Gasteiger partial charge on any atom is 0.305 e. The topological polar surface area (TPSA) is 117 Å². The Morgan fingerprint density at radius 1 is 1.04 bits per heavy atom. The van der Waals surface area contributed by atoms with Crippen LogP contribution in [-0.2, 0) is 0 Å². The number of hydrazine groups is 1. The number of amides is 2. The van der Waals surface area contributed by atoms with E-state index in [9.17, 15) is 14.4 Å². The number of fused-ring (bicyclic) bond motifs is 2. The predicted molar refractivity (Wildman–Crippen MR) is 106 cm³/mol. The monoisotopic (exact) mass is 440 g/mol. The van der Waals surface area contributed by atoms with Crippen LogP contribution in [0.3, 0.4) is 0 Å². The minimum Gasteiger partial charge on any atom is -0.451 e. The van der Waals surface area contributed by atoms with Crippen molar-refractivity contribution in [1.82, 2.24) is 21.0 Å². The summed E-state index contributed by atoms with van der Waals surface area (Å²) < 4.78 is 6.45. The Morgan fingerprint density at radius 2 is 1.75 bits per heavy atom. The molecule has 2 amide bonds. The first-order valence-electron chi connectivity index (χ1n) is 8.22. The van der Waals surface area contributed by atoms with Crippen LogP contribution in [0.4, 0.5) is 0 Å². The Bertz CT molecular complexity index is 1310. The molecule has 140 valence electrons. The Hall–Kier alpha value is -3.46. The van der Waals surface area contributed by atoms with Crippen molar-refractivity contribution < 1.29 is 14.0 Å². The number of aromatic amines is 1. The third-order valence-electron chi connectivity index (χ3n) is 4.31. The summed E-state index contributed by atoms with van der Waals surface area (Å²) in [5.41, 5.74) is 5.41. The lowest BCUT2D eigenvalue weighted by atomic mass is 10.1. The molecule has 4 rings (SSSR count). The summed E-state index contributed by atoms with van der Waals surface area (Å²) in [5, 5.41) is 7.56. The van der Waals surface area contributed by atoms with Crippen LogP contribution in [0.25, 0.3) is 21.7 Å². The van der Waals surface area contributed by atoms with Crippen molar-refractivity contribution in [2.45, 2.75) is 6.92 Å². The molecule has 0 saturated heterocycles. The fraction of sp³-hybridized carbons (Fsp3) is 0.0526. The summed E-state index contributed by atoms with van der Waals surface area (Å²) in [6.45, 7) is 1.76. The summed E-state index contributed by atoms with van der Waals surface area (Å²) in [6, 6.07) is 12.0. The van der Waals surface area contributed by atoms with Crippen molar-refractivity contribution >= 4 is 49.5 Å². The van der Waals surface area contributed by atoms with Crippen molar-refractivity contribution in [2.24, 2.45) is 0 Å². The molecule has 0 saturated carbocycles. The van der Waals surface area contributed by atoms with Crippen LogP contribution < -0.4 is 16.4 Å². The number of benzene rings is 2. The number of halogens is 1. The number of hydrogen-bond acceptors (Lipinski definition) is 5.